The molecule has 0 aromatic carbocycles. The zero-order valence-electron chi connectivity index (χ0n) is 14.2. The van der Waals surface area contributed by atoms with Crippen LogP contribution < -0.4 is 5.32 Å². The predicted octanol–water partition coefficient (Wildman–Crippen LogP) is -0.433. The van der Waals surface area contributed by atoms with Crippen molar-refractivity contribution in [1.29, 1.82) is 0 Å². The molecule has 2 N–H and O–H groups in total. The minimum atomic E-state index is -4.57. The second-order valence-electron chi connectivity index (χ2n) is 7.62. The molecule has 0 aromatic rings. The molecule has 140 valence electrons. The summed E-state index contributed by atoms with van der Waals surface area (Å²) in [7, 11) is -6.12. The molecule has 2 saturated heterocycles. The van der Waals surface area contributed by atoms with Gasteiger partial charge < -0.3 is 9.80 Å². The predicted molar refractivity (Wildman–Crippen MR) is 89.8 cm³/mol. The van der Waals surface area contributed by atoms with Crippen LogP contribution in [-0.4, -0.2) is 80.8 Å². The van der Waals surface area contributed by atoms with E-state index in [2.05, 4.69) is 12.4 Å². The zero-order valence-corrected chi connectivity index (χ0v) is 15.8. The molecule has 2 aliphatic heterocycles. The third-order valence-electron chi connectivity index (χ3n) is 5.19. The normalized spacial score (nSPS) is 32.4. The maximum Gasteiger partial charge on any atom is 0.271 e. The highest BCUT2D eigenvalue weighted by molar-refractivity contribution is 7.94. The van der Waals surface area contributed by atoms with E-state index in [1.165, 1.54) is 13.3 Å². The topological polar surface area (TPSA) is 118 Å². The number of nitrogens with zero attached hydrogens (tertiary/aromatic N) is 1. The van der Waals surface area contributed by atoms with Gasteiger partial charge in [0.15, 0.2) is 9.84 Å². The molecular formula is C14H27N2O6S2+. The number of quaternary nitrogens is 1. The first kappa shape index (κ1) is 19.6. The van der Waals surface area contributed by atoms with E-state index < -0.39 is 42.2 Å². The number of carbonyl (C=O) groups excluding carboxylic acids is 1. The largest absolute Gasteiger partial charge is 0.348 e. The van der Waals surface area contributed by atoms with Crippen molar-refractivity contribution in [2.75, 3.05) is 38.2 Å². The third kappa shape index (κ3) is 4.68. The van der Waals surface area contributed by atoms with Gasteiger partial charge >= 0.3 is 0 Å². The lowest BCUT2D eigenvalue weighted by Crippen LogP contribution is -2.57. The summed E-state index contributed by atoms with van der Waals surface area (Å²) >= 11 is 0. The molecule has 2 aliphatic rings. The average molecular weight is 384 g/mol. The Bertz CT molecular complexity index is 697. The van der Waals surface area contributed by atoms with Crippen LogP contribution in [0.4, 0.5) is 0 Å². The summed E-state index contributed by atoms with van der Waals surface area (Å²) in [6.45, 7) is 4.01. The molecule has 2 rings (SSSR count). The van der Waals surface area contributed by atoms with Gasteiger partial charge in [-0.2, -0.15) is 8.42 Å². The molecule has 0 bridgehead atoms. The summed E-state index contributed by atoms with van der Waals surface area (Å²) in [5.41, 5.74) is -1.50. The smallest absolute Gasteiger partial charge is 0.271 e. The Balaban J connectivity index is 2.03. The van der Waals surface area contributed by atoms with Crippen LogP contribution in [0.2, 0.25) is 0 Å². The van der Waals surface area contributed by atoms with E-state index in [0.717, 1.165) is 30.4 Å². The highest BCUT2D eigenvalue weighted by Crippen LogP contribution is 2.29. The second-order valence-corrected chi connectivity index (χ2v) is 11.3. The fourth-order valence-corrected chi connectivity index (χ4v) is 8.16. The molecule has 2 heterocycles. The maximum absolute atomic E-state index is 12.3. The molecule has 24 heavy (non-hydrogen) atoms. The molecule has 0 aliphatic carbocycles. The van der Waals surface area contributed by atoms with Crippen molar-refractivity contribution >= 4 is 25.9 Å². The summed E-state index contributed by atoms with van der Waals surface area (Å²) in [6.07, 6.45) is 3.65. The summed E-state index contributed by atoms with van der Waals surface area (Å²) < 4.78 is 56.8. The number of hydrogen-bond donors (Lipinski definition) is 2. The SMILES string of the molecule is C[C@@]1(NC(=O)CC[N+]2(C)CCCCC2)CS(=O)(=O)C[C@@H]1S(=O)(=O)O. The lowest BCUT2D eigenvalue weighted by molar-refractivity contribution is -0.913. The average Bonchev–Trinajstić information content (AvgIpc) is 2.67. The molecule has 0 unspecified atom stereocenters. The van der Waals surface area contributed by atoms with Gasteiger partial charge in [0.1, 0.15) is 5.25 Å². The Morgan fingerprint density at radius 3 is 2.42 bits per heavy atom. The molecule has 2 atom stereocenters. The van der Waals surface area contributed by atoms with Crippen LogP contribution in [0.3, 0.4) is 0 Å². The Labute approximate surface area is 143 Å². The van der Waals surface area contributed by atoms with Crippen molar-refractivity contribution in [2.24, 2.45) is 0 Å². The highest BCUT2D eigenvalue weighted by Gasteiger charge is 2.54. The van der Waals surface area contributed by atoms with E-state index in [4.69, 9.17) is 0 Å². The van der Waals surface area contributed by atoms with Gasteiger partial charge in [-0.1, -0.05) is 0 Å². The number of carbonyl (C=O) groups is 1. The van der Waals surface area contributed by atoms with Gasteiger partial charge in [0.25, 0.3) is 10.1 Å². The van der Waals surface area contributed by atoms with E-state index in [9.17, 15) is 26.2 Å². The summed E-state index contributed by atoms with van der Waals surface area (Å²) in [4.78, 5) is 12.3. The molecule has 10 heteroatoms. The van der Waals surface area contributed by atoms with Crippen molar-refractivity contribution in [3.8, 4) is 0 Å². The molecule has 0 saturated carbocycles. The fourth-order valence-electron chi connectivity index (χ4n) is 3.81. The van der Waals surface area contributed by atoms with Crippen LogP contribution in [0.1, 0.15) is 32.6 Å². The molecule has 0 spiro atoms. The monoisotopic (exact) mass is 383 g/mol. The standard InChI is InChI=1S/C14H26N2O6S2/c1-14(11-23(18,19)10-12(14)24(20,21)22)15-13(17)6-9-16(2)7-4-3-5-8-16/h12H,3-11H2,1-2H3,(H-,15,17,20,21,22)/p+1/t12-,14+/m0/s1. The number of likely N-dealkylation sites (tertiary alicyclic amines) is 1. The van der Waals surface area contributed by atoms with E-state index in [-0.39, 0.29) is 12.3 Å². The number of sulfone groups is 1. The van der Waals surface area contributed by atoms with Crippen molar-refractivity contribution in [2.45, 2.75) is 43.4 Å². The van der Waals surface area contributed by atoms with E-state index in [0.29, 0.717) is 6.54 Å². The van der Waals surface area contributed by atoms with Crippen molar-refractivity contribution < 1.29 is 30.7 Å². The molecule has 0 radical (unpaired) electrons. The van der Waals surface area contributed by atoms with E-state index >= 15 is 0 Å². The minimum absolute atomic E-state index is 0.199. The lowest BCUT2D eigenvalue weighted by atomic mass is 10.0. The number of rotatable bonds is 5. The highest BCUT2D eigenvalue weighted by atomic mass is 32.2. The second kappa shape index (κ2) is 6.54. The number of nitrogens with one attached hydrogen (secondary N) is 1. The number of amides is 1. The maximum atomic E-state index is 12.3. The summed E-state index contributed by atoms with van der Waals surface area (Å²) in [5.74, 6) is -1.54. The van der Waals surface area contributed by atoms with Crippen LogP contribution in [0.5, 0.6) is 0 Å². The molecule has 2 fully saturated rings. The van der Waals surface area contributed by atoms with Gasteiger partial charge in [-0.3, -0.25) is 9.35 Å². The fraction of sp³-hybridized carbons (Fsp3) is 0.929. The van der Waals surface area contributed by atoms with Gasteiger partial charge in [0.2, 0.25) is 5.91 Å². The summed E-state index contributed by atoms with van der Waals surface area (Å²) in [6, 6.07) is 0. The van der Waals surface area contributed by atoms with Crippen LogP contribution in [0.15, 0.2) is 0 Å². The van der Waals surface area contributed by atoms with Crippen LogP contribution in [-0.2, 0) is 24.7 Å². The van der Waals surface area contributed by atoms with Gasteiger partial charge in [0, 0.05) is 0 Å². The van der Waals surface area contributed by atoms with Gasteiger partial charge in [-0.15, -0.1) is 0 Å². The Morgan fingerprint density at radius 2 is 1.88 bits per heavy atom. The van der Waals surface area contributed by atoms with E-state index in [1.54, 1.807) is 0 Å². The van der Waals surface area contributed by atoms with Gasteiger partial charge in [-0.05, 0) is 26.2 Å². The minimum Gasteiger partial charge on any atom is -0.348 e. The number of hydrogen-bond acceptors (Lipinski definition) is 5. The van der Waals surface area contributed by atoms with E-state index in [1.807, 2.05) is 0 Å². The van der Waals surface area contributed by atoms with Crippen molar-refractivity contribution in [1.82, 2.24) is 5.32 Å². The quantitative estimate of drug-likeness (QED) is 0.491. The van der Waals surface area contributed by atoms with Crippen LogP contribution in [0, 0.1) is 0 Å². The zero-order chi connectivity index (χ0) is 18.2. The molecule has 0 aromatic heterocycles. The van der Waals surface area contributed by atoms with Crippen molar-refractivity contribution in [3.63, 3.8) is 0 Å². The molecular weight excluding hydrogens is 356 g/mol. The van der Waals surface area contributed by atoms with Crippen LogP contribution >= 0.6 is 0 Å². The molecule has 1 amide bonds. The number of piperidine rings is 1. The van der Waals surface area contributed by atoms with Gasteiger partial charge in [0.05, 0.1) is 50.1 Å². The molecule has 8 nitrogen and oxygen atoms in total. The summed E-state index contributed by atoms with van der Waals surface area (Å²) in [5, 5.41) is 1.03. The third-order valence-corrected chi connectivity index (χ3v) is 8.69. The first-order chi connectivity index (χ1) is 10.9. The Kier molecular flexibility index (Phi) is 5.35. The first-order valence-corrected chi connectivity index (χ1v) is 11.5. The van der Waals surface area contributed by atoms with Crippen LogP contribution in [0.25, 0.3) is 0 Å². The first-order valence-electron chi connectivity index (χ1n) is 8.17. The Morgan fingerprint density at radius 1 is 1.29 bits per heavy atom. The van der Waals surface area contributed by atoms with Gasteiger partial charge in [-0.25, -0.2) is 8.42 Å². The Hall–Kier alpha value is -0.710. The lowest BCUT2D eigenvalue weighted by Gasteiger charge is -2.38. The van der Waals surface area contributed by atoms with Crippen molar-refractivity contribution in [3.05, 3.63) is 0 Å².